The first-order chi connectivity index (χ1) is 19.0. The maximum atomic E-state index is 13.9. The summed E-state index contributed by atoms with van der Waals surface area (Å²) in [7, 11) is 0. The van der Waals surface area contributed by atoms with Gasteiger partial charge in [0.05, 0.1) is 16.8 Å². The molecular weight excluding hydrogens is 559 g/mol. The number of imide groups is 1. The minimum absolute atomic E-state index is 0.102. The summed E-state index contributed by atoms with van der Waals surface area (Å²) in [5, 5.41) is 10.8. The summed E-state index contributed by atoms with van der Waals surface area (Å²) in [6, 6.07) is 17.8. The van der Waals surface area contributed by atoms with E-state index in [0.29, 0.717) is 22.3 Å². The molecule has 0 spiro atoms. The van der Waals surface area contributed by atoms with Crippen LogP contribution in [0, 0.1) is 22.0 Å². The molecule has 0 N–H and O–H groups in total. The van der Waals surface area contributed by atoms with Crippen LogP contribution in [0.4, 0.5) is 5.69 Å². The van der Waals surface area contributed by atoms with Gasteiger partial charge in [0.25, 0.3) is 5.69 Å². The quantitative estimate of drug-likeness (QED) is 0.107. The molecule has 3 atom stereocenters. The smallest absolute Gasteiger partial charge is 0.329 e. The lowest BCUT2D eigenvalue weighted by atomic mass is 9.54. The van der Waals surface area contributed by atoms with Gasteiger partial charge in [-0.25, -0.2) is 4.79 Å². The van der Waals surface area contributed by atoms with E-state index in [9.17, 15) is 29.3 Å². The van der Waals surface area contributed by atoms with Gasteiger partial charge in [-0.15, -0.1) is 23.2 Å². The number of hydrogen-bond donors (Lipinski definition) is 0. The molecule has 3 aromatic rings. The Balaban J connectivity index is 1.29. The molecule has 0 radical (unpaired) electrons. The van der Waals surface area contributed by atoms with Crippen LogP contribution in [0.3, 0.4) is 0 Å². The Morgan fingerprint density at radius 1 is 0.875 bits per heavy atom. The lowest BCUT2D eigenvalue weighted by Gasteiger charge is -2.54. The van der Waals surface area contributed by atoms with Crippen molar-refractivity contribution in [3.05, 3.63) is 111 Å². The number of ether oxygens (including phenoxy) is 1. The number of nitrogens with zero attached hydrogens (tertiary/aromatic N) is 2. The van der Waals surface area contributed by atoms with Crippen molar-refractivity contribution < 1.29 is 28.8 Å². The number of esters is 1. The Morgan fingerprint density at radius 2 is 1.30 bits per heavy atom. The van der Waals surface area contributed by atoms with Crippen LogP contribution >= 0.6 is 23.2 Å². The molecule has 0 unspecified atom stereocenters. The number of alkyl halides is 2. The average molecular weight is 579 g/mol. The predicted molar refractivity (Wildman–Crippen MR) is 143 cm³/mol. The Hall–Kier alpha value is -4.08. The topological polar surface area (TPSA) is 124 Å². The van der Waals surface area contributed by atoms with Gasteiger partial charge in [-0.2, -0.15) is 0 Å². The van der Waals surface area contributed by atoms with Crippen LogP contribution in [-0.2, 0) is 28.9 Å². The largest absolute Gasteiger partial charge is 0.456 e. The first kappa shape index (κ1) is 26.2. The van der Waals surface area contributed by atoms with Crippen molar-refractivity contribution in [1.82, 2.24) is 4.90 Å². The van der Waals surface area contributed by atoms with Crippen LogP contribution in [-0.4, -0.2) is 46.0 Å². The van der Waals surface area contributed by atoms with Crippen molar-refractivity contribution in [3.63, 3.8) is 0 Å². The van der Waals surface area contributed by atoms with Crippen molar-refractivity contribution in [1.29, 1.82) is 0 Å². The number of nitro groups is 1. The number of nitro benzene ring substituents is 1. The van der Waals surface area contributed by atoms with Crippen LogP contribution in [0.2, 0.25) is 0 Å². The van der Waals surface area contributed by atoms with E-state index in [2.05, 4.69) is 0 Å². The van der Waals surface area contributed by atoms with Crippen molar-refractivity contribution >= 4 is 52.5 Å². The number of likely N-dealkylation sites (tertiary alicyclic amines) is 1. The molecule has 1 aliphatic heterocycles. The minimum atomic E-state index is -1.38. The standard InChI is InChI=1S/C29H20Cl2N2O7/c1-15(27(37)40-14-22(34)16-10-12-17(13-11-16)33(38)39)32-25(35)23-24(26(32)36)29(31)19-7-3-2-6-18(19)28(23,30)20-8-4-5-9-21(20)29/h2-13,15,23-24H,14H2,1H3/t15-,23-,24+,28?,29?/m0/s1. The second kappa shape index (κ2) is 8.97. The molecule has 3 aliphatic carbocycles. The fourth-order valence-corrected chi connectivity index (χ4v) is 7.38. The van der Waals surface area contributed by atoms with E-state index in [4.69, 9.17) is 27.9 Å². The SMILES string of the molecule is C[C@@H](C(=O)OCC(=O)c1ccc([N+](=O)[O-])cc1)N1C(=O)[C@@H]2[C@H](C1=O)C1(Cl)c3ccccc3C2(Cl)c2ccccc21. The van der Waals surface area contributed by atoms with Crippen LogP contribution < -0.4 is 0 Å². The van der Waals surface area contributed by atoms with Gasteiger partial charge in [-0.05, 0) is 41.3 Å². The summed E-state index contributed by atoms with van der Waals surface area (Å²) in [5.41, 5.74) is 2.46. The van der Waals surface area contributed by atoms with E-state index in [-0.39, 0.29) is 11.3 Å². The van der Waals surface area contributed by atoms with E-state index in [1.54, 1.807) is 48.5 Å². The zero-order valence-corrected chi connectivity index (χ0v) is 22.4. The number of amides is 2. The summed E-state index contributed by atoms with van der Waals surface area (Å²) in [5.74, 6) is -5.01. The summed E-state index contributed by atoms with van der Waals surface area (Å²) >= 11 is 14.7. The maximum absolute atomic E-state index is 13.9. The van der Waals surface area contributed by atoms with Gasteiger partial charge in [0.15, 0.2) is 12.4 Å². The number of carbonyl (C=O) groups excluding carboxylic acids is 4. The summed E-state index contributed by atoms with van der Waals surface area (Å²) in [6.45, 7) is 0.662. The molecule has 202 valence electrons. The molecule has 0 aromatic heterocycles. The zero-order valence-electron chi connectivity index (χ0n) is 20.9. The molecule has 3 aromatic carbocycles. The van der Waals surface area contributed by atoms with E-state index in [1.807, 2.05) is 0 Å². The average Bonchev–Trinajstić information content (AvgIpc) is 3.24. The maximum Gasteiger partial charge on any atom is 0.329 e. The number of Topliss-reactive ketones (excluding diaryl/α,β-unsaturated/α-hetero) is 1. The van der Waals surface area contributed by atoms with Crippen LogP contribution in [0.1, 0.15) is 39.5 Å². The second-order valence-corrected chi connectivity index (χ2v) is 11.2. The third kappa shape index (κ3) is 3.34. The highest BCUT2D eigenvalue weighted by atomic mass is 35.5. The highest BCUT2D eigenvalue weighted by Crippen LogP contribution is 2.69. The number of hydrogen-bond acceptors (Lipinski definition) is 7. The Bertz CT molecular complexity index is 1520. The van der Waals surface area contributed by atoms with Crippen molar-refractivity contribution in [2.24, 2.45) is 11.8 Å². The van der Waals surface area contributed by atoms with Crippen molar-refractivity contribution in [3.8, 4) is 0 Å². The molecule has 7 rings (SSSR count). The van der Waals surface area contributed by atoms with Crippen LogP contribution in [0.15, 0.2) is 72.8 Å². The van der Waals surface area contributed by atoms with E-state index in [1.165, 1.54) is 19.1 Å². The molecule has 11 heteroatoms. The van der Waals surface area contributed by atoms with E-state index in [0.717, 1.165) is 17.0 Å². The second-order valence-electron chi connectivity index (χ2n) is 10.0. The molecule has 9 nitrogen and oxygen atoms in total. The normalized spacial score (nSPS) is 26.5. The van der Waals surface area contributed by atoms with Gasteiger partial charge in [0.1, 0.15) is 15.8 Å². The minimum Gasteiger partial charge on any atom is -0.456 e. The highest BCUT2D eigenvalue weighted by Gasteiger charge is 2.73. The van der Waals surface area contributed by atoms with Crippen molar-refractivity contribution in [2.75, 3.05) is 6.61 Å². The molecule has 2 amide bonds. The lowest BCUT2D eigenvalue weighted by Crippen LogP contribution is -2.57. The number of carbonyl (C=O) groups is 4. The van der Waals surface area contributed by atoms with Gasteiger partial charge in [-0.1, -0.05) is 48.5 Å². The number of rotatable bonds is 6. The molecule has 2 bridgehead atoms. The number of halogens is 2. The molecule has 1 fully saturated rings. The molecular formula is C29H20Cl2N2O7. The van der Waals surface area contributed by atoms with E-state index < -0.39 is 62.7 Å². The van der Waals surface area contributed by atoms with Crippen LogP contribution in [0.25, 0.3) is 0 Å². The predicted octanol–water partition coefficient (Wildman–Crippen LogP) is 4.30. The number of benzene rings is 3. The third-order valence-electron chi connectivity index (χ3n) is 8.09. The Kier molecular flexibility index (Phi) is 5.87. The molecule has 4 aliphatic rings. The molecule has 1 saturated heterocycles. The first-order valence-electron chi connectivity index (χ1n) is 12.4. The fourth-order valence-electron chi connectivity index (χ4n) is 6.29. The Labute approximate surface area is 237 Å². The van der Waals surface area contributed by atoms with Gasteiger partial charge in [0.2, 0.25) is 11.8 Å². The summed E-state index contributed by atoms with van der Waals surface area (Å²) in [4.78, 5) is 61.7. The Morgan fingerprint density at radius 3 is 1.70 bits per heavy atom. The zero-order chi connectivity index (χ0) is 28.6. The van der Waals surface area contributed by atoms with Crippen molar-refractivity contribution in [2.45, 2.75) is 22.7 Å². The number of ketones is 1. The molecule has 0 saturated carbocycles. The van der Waals surface area contributed by atoms with Crippen LogP contribution in [0.5, 0.6) is 0 Å². The number of non-ortho nitro benzene ring substituents is 1. The van der Waals surface area contributed by atoms with Gasteiger partial charge in [0, 0.05) is 17.7 Å². The summed E-state index contributed by atoms with van der Waals surface area (Å²) < 4.78 is 5.17. The molecule has 1 heterocycles. The first-order valence-corrected chi connectivity index (χ1v) is 13.2. The monoisotopic (exact) mass is 578 g/mol. The third-order valence-corrected chi connectivity index (χ3v) is 9.38. The lowest BCUT2D eigenvalue weighted by molar-refractivity contribution is -0.384. The van der Waals surface area contributed by atoms with Gasteiger partial charge < -0.3 is 4.74 Å². The fraction of sp³-hybridized carbons (Fsp3) is 0.241. The molecule has 40 heavy (non-hydrogen) atoms. The highest BCUT2D eigenvalue weighted by molar-refractivity contribution is 6.36. The summed E-state index contributed by atoms with van der Waals surface area (Å²) in [6.07, 6.45) is 0. The van der Waals surface area contributed by atoms with Gasteiger partial charge in [-0.3, -0.25) is 29.4 Å². The van der Waals surface area contributed by atoms with E-state index >= 15 is 0 Å². The van der Waals surface area contributed by atoms with Gasteiger partial charge >= 0.3 is 5.97 Å².